The Morgan fingerprint density at radius 3 is 2.70 bits per heavy atom. The average molecular weight is 426 g/mol. The summed E-state index contributed by atoms with van der Waals surface area (Å²) >= 11 is 1.18. The topological polar surface area (TPSA) is 64.2 Å². The van der Waals surface area contributed by atoms with E-state index in [0.717, 1.165) is 24.5 Å². The molecule has 2 aromatic heterocycles. The van der Waals surface area contributed by atoms with Crippen molar-refractivity contribution < 1.29 is 18.0 Å². The quantitative estimate of drug-likeness (QED) is 0.484. The van der Waals surface area contributed by atoms with E-state index in [4.69, 9.17) is 4.42 Å². The van der Waals surface area contributed by atoms with E-state index in [1.54, 1.807) is 30.6 Å². The Balaban J connectivity index is 1.65. The van der Waals surface area contributed by atoms with Gasteiger partial charge in [0.15, 0.2) is 11.4 Å². The average Bonchev–Trinajstić information content (AvgIpc) is 3.34. The minimum atomic E-state index is -0.862. The second-order valence-corrected chi connectivity index (χ2v) is 8.27. The molecule has 2 heterocycles. The van der Waals surface area contributed by atoms with Crippen molar-refractivity contribution in [2.75, 3.05) is 5.32 Å². The maximum Gasteiger partial charge on any atom is 0.419 e. The first kappa shape index (κ1) is 18.7. The summed E-state index contributed by atoms with van der Waals surface area (Å²) in [7, 11) is 1.61. The highest BCUT2D eigenvalue weighted by atomic mass is 32.1. The SMILES string of the molecule is Cn1c(=O)oc2cc(-c3ccc(F)c(NC(=O)c4cccs4)c3F)c(C3CC3)cc21. The Morgan fingerprint density at radius 1 is 1.20 bits per heavy atom. The van der Waals surface area contributed by atoms with Crippen LogP contribution >= 0.6 is 11.3 Å². The molecule has 0 aliphatic heterocycles. The van der Waals surface area contributed by atoms with Gasteiger partial charge in [0, 0.05) is 12.6 Å². The number of fused-ring (bicyclic) bond motifs is 1. The number of halogens is 2. The number of aromatic nitrogens is 1. The first-order valence-electron chi connectivity index (χ1n) is 9.40. The zero-order chi connectivity index (χ0) is 21.0. The van der Waals surface area contributed by atoms with E-state index in [-0.39, 0.29) is 11.5 Å². The summed E-state index contributed by atoms with van der Waals surface area (Å²) in [6.45, 7) is 0. The van der Waals surface area contributed by atoms with Crippen LogP contribution in [0.3, 0.4) is 0 Å². The third kappa shape index (κ3) is 3.04. The molecule has 0 radical (unpaired) electrons. The van der Waals surface area contributed by atoms with Crippen LogP contribution in [0.15, 0.2) is 51.0 Å². The van der Waals surface area contributed by atoms with Crippen LogP contribution in [0.25, 0.3) is 22.2 Å². The van der Waals surface area contributed by atoms with Gasteiger partial charge >= 0.3 is 5.76 Å². The fourth-order valence-corrected chi connectivity index (χ4v) is 4.23. The number of aryl methyl sites for hydroxylation is 1. The largest absolute Gasteiger partial charge is 0.419 e. The third-order valence-corrected chi connectivity index (χ3v) is 6.21. The molecule has 0 bridgehead atoms. The molecule has 1 fully saturated rings. The van der Waals surface area contributed by atoms with Crippen molar-refractivity contribution in [3.63, 3.8) is 0 Å². The highest BCUT2D eigenvalue weighted by molar-refractivity contribution is 7.12. The Labute approximate surface area is 173 Å². The number of carbonyl (C=O) groups is 1. The molecule has 1 aliphatic rings. The molecule has 5 nitrogen and oxygen atoms in total. The van der Waals surface area contributed by atoms with Crippen LogP contribution in [0.2, 0.25) is 0 Å². The van der Waals surface area contributed by atoms with Crippen LogP contribution in [0.1, 0.15) is 34.0 Å². The number of rotatable bonds is 4. The lowest BCUT2D eigenvalue weighted by Gasteiger charge is -2.14. The summed E-state index contributed by atoms with van der Waals surface area (Å²) < 4.78 is 36.5. The number of thiophene rings is 1. The molecule has 0 spiro atoms. The van der Waals surface area contributed by atoms with Crippen molar-refractivity contribution in [2.45, 2.75) is 18.8 Å². The highest BCUT2D eigenvalue weighted by Gasteiger charge is 2.29. The van der Waals surface area contributed by atoms with Crippen molar-refractivity contribution in [3.05, 3.63) is 74.4 Å². The van der Waals surface area contributed by atoms with Crippen molar-refractivity contribution in [3.8, 4) is 11.1 Å². The van der Waals surface area contributed by atoms with Crippen LogP contribution in [0, 0.1) is 11.6 Å². The molecule has 1 amide bonds. The number of hydrogen-bond donors (Lipinski definition) is 1. The van der Waals surface area contributed by atoms with Gasteiger partial charge in [-0.3, -0.25) is 9.36 Å². The Kier molecular flexibility index (Phi) is 4.32. The molecule has 5 rings (SSSR count). The number of carbonyl (C=O) groups excluding carboxylic acids is 1. The molecule has 8 heteroatoms. The number of nitrogens with zero attached hydrogens (tertiary/aromatic N) is 1. The first-order chi connectivity index (χ1) is 14.4. The minimum absolute atomic E-state index is 0.146. The standard InChI is InChI=1S/C22H16F2N2O3S/c1-26-16-9-13(11-4-5-11)14(10-17(16)29-22(26)28)12-6-7-15(23)20(19(12)24)25-21(27)18-3-2-8-30-18/h2-3,6-11H,4-5H2,1H3,(H,25,27). The van der Waals surface area contributed by atoms with Gasteiger partial charge in [0.25, 0.3) is 5.91 Å². The smallest absolute Gasteiger partial charge is 0.408 e. The monoisotopic (exact) mass is 426 g/mol. The van der Waals surface area contributed by atoms with Gasteiger partial charge in [0.2, 0.25) is 0 Å². The zero-order valence-electron chi connectivity index (χ0n) is 15.9. The lowest BCUT2D eigenvalue weighted by molar-refractivity contribution is 0.102. The number of amides is 1. The summed E-state index contributed by atoms with van der Waals surface area (Å²) in [6, 6.07) is 9.19. The van der Waals surface area contributed by atoms with Gasteiger partial charge in [0.05, 0.1) is 10.4 Å². The van der Waals surface area contributed by atoms with E-state index in [9.17, 15) is 14.0 Å². The van der Waals surface area contributed by atoms with E-state index in [2.05, 4.69) is 5.32 Å². The fraction of sp³-hybridized carbons (Fsp3) is 0.182. The second-order valence-electron chi connectivity index (χ2n) is 7.32. The minimum Gasteiger partial charge on any atom is -0.408 e. The summed E-state index contributed by atoms with van der Waals surface area (Å²) in [5.74, 6) is -2.57. The van der Waals surface area contributed by atoms with Crippen molar-refractivity contribution >= 4 is 34.0 Å². The van der Waals surface area contributed by atoms with Gasteiger partial charge < -0.3 is 9.73 Å². The van der Waals surface area contributed by atoms with E-state index in [1.807, 2.05) is 6.07 Å². The molecule has 2 aromatic carbocycles. The Morgan fingerprint density at radius 2 is 2.00 bits per heavy atom. The molecule has 30 heavy (non-hydrogen) atoms. The predicted octanol–water partition coefficient (Wildman–Crippen LogP) is 5.27. The first-order valence-corrected chi connectivity index (χ1v) is 10.3. The molecular formula is C22H16F2N2O3S. The lowest BCUT2D eigenvalue weighted by Crippen LogP contribution is -2.13. The van der Waals surface area contributed by atoms with Crippen LogP contribution in [0.5, 0.6) is 0 Å². The van der Waals surface area contributed by atoms with Gasteiger partial charge in [-0.15, -0.1) is 11.3 Å². The van der Waals surface area contributed by atoms with E-state index in [1.165, 1.54) is 22.0 Å². The van der Waals surface area contributed by atoms with Gasteiger partial charge in [-0.2, -0.15) is 0 Å². The third-order valence-electron chi connectivity index (χ3n) is 5.35. The van der Waals surface area contributed by atoms with E-state index < -0.39 is 29.0 Å². The number of anilines is 1. The second kappa shape index (κ2) is 6.91. The predicted molar refractivity (Wildman–Crippen MR) is 111 cm³/mol. The molecule has 0 unspecified atom stereocenters. The normalized spacial score (nSPS) is 13.7. The number of benzene rings is 2. The van der Waals surface area contributed by atoms with Crippen molar-refractivity contribution in [1.29, 1.82) is 0 Å². The number of oxazole rings is 1. The fourth-order valence-electron chi connectivity index (χ4n) is 3.61. The molecule has 152 valence electrons. The van der Waals surface area contributed by atoms with Gasteiger partial charge in [-0.25, -0.2) is 13.6 Å². The maximum absolute atomic E-state index is 15.4. The Hall–Kier alpha value is -3.26. The summed E-state index contributed by atoms with van der Waals surface area (Å²) in [5, 5.41) is 4.06. The molecule has 1 saturated carbocycles. The van der Waals surface area contributed by atoms with Crippen molar-refractivity contribution in [2.24, 2.45) is 7.05 Å². The maximum atomic E-state index is 15.4. The van der Waals surface area contributed by atoms with Gasteiger partial charge in [-0.05, 0) is 65.6 Å². The van der Waals surface area contributed by atoms with E-state index in [0.29, 0.717) is 21.5 Å². The van der Waals surface area contributed by atoms with Gasteiger partial charge in [0.1, 0.15) is 11.5 Å². The summed E-state index contributed by atoms with van der Waals surface area (Å²) in [4.78, 5) is 24.6. The van der Waals surface area contributed by atoms with Crippen molar-refractivity contribution in [1.82, 2.24) is 4.57 Å². The molecule has 1 aliphatic carbocycles. The van der Waals surface area contributed by atoms with Crippen LogP contribution in [-0.4, -0.2) is 10.5 Å². The summed E-state index contributed by atoms with van der Waals surface area (Å²) in [6.07, 6.45) is 1.91. The van der Waals surface area contributed by atoms with Crippen LogP contribution in [-0.2, 0) is 7.05 Å². The highest BCUT2D eigenvalue weighted by Crippen LogP contribution is 2.46. The molecule has 0 saturated heterocycles. The Bertz CT molecular complexity index is 1350. The van der Waals surface area contributed by atoms with E-state index >= 15 is 4.39 Å². The number of nitrogens with one attached hydrogen (secondary N) is 1. The molecule has 1 N–H and O–H groups in total. The van der Waals surface area contributed by atoms with Gasteiger partial charge in [-0.1, -0.05) is 6.07 Å². The molecule has 4 aromatic rings. The van der Waals surface area contributed by atoms with Crippen LogP contribution < -0.4 is 11.1 Å². The summed E-state index contributed by atoms with van der Waals surface area (Å²) in [5.41, 5.74) is 2.01. The molecule has 0 atom stereocenters. The number of hydrogen-bond acceptors (Lipinski definition) is 4. The molecular weight excluding hydrogens is 410 g/mol. The zero-order valence-corrected chi connectivity index (χ0v) is 16.7. The lowest BCUT2D eigenvalue weighted by atomic mass is 9.95. The van der Waals surface area contributed by atoms with Crippen LogP contribution in [0.4, 0.5) is 14.5 Å².